The average molecular weight is 222 g/mol. The molecule has 0 aliphatic rings. The first-order valence-corrected chi connectivity index (χ1v) is 4.86. The average Bonchev–Trinajstić information content (AvgIpc) is 2.29. The fraction of sp³-hybridized carbons (Fsp3) is 0.0909. The summed E-state index contributed by atoms with van der Waals surface area (Å²) in [7, 11) is 0. The van der Waals surface area contributed by atoms with Crippen molar-refractivity contribution in [3.8, 4) is 0 Å². The number of rotatable bonds is 3. The van der Waals surface area contributed by atoms with Crippen LogP contribution >= 0.6 is 11.6 Å². The molecule has 3 nitrogen and oxygen atoms in total. The molecule has 78 valence electrons. The molecule has 4 heteroatoms. The van der Waals surface area contributed by atoms with Crippen molar-refractivity contribution in [2.24, 2.45) is 15.9 Å². The van der Waals surface area contributed by atoms with Gasteiger partial charge in [0.1, 0.15) is 0 Å². The van der Waals surface area contributed by atoms with Crippen LogP contribution in [-0.2, 0) is 0 Å². The van der Waals surface area contributed by atoms with Gasteiger partial charge < -0.3 is 5.73 Å². The molecule has 15 heavy (non-hydrogen) atoms. The van der Waals surface area contributed by atoms with E-state index in [0.29, 0.717) is 5.84 Å². The van der Waals surface area contributed by atoms with Gasteiger partial charge >= 0.3 is 0 Å². The largest absolute Gasteiger partial charge is 0.382 e. The first kappa shape index (κ1) is 11.5. The summed E-state index contributed by atoms with van der Waals surface area (Å²) in [6.07, 6.45) is 1.54. The van der Waals surface area contributed by atoms with E-state index in [1.807, 2.05) is 37.3 Å². The topological polar surface area (TPSA) is 50.7 Å². The van der Waals surface area contributed by atoms with Crippen LogP contribution in [0, 0.1) is 0 Å². The van der Waals surface area contributed by atoms with Crippen molar-refractivity contribution in [2.75, 3.05) is 0 Å². The van der Waals surface area contributed by atoms with Crippen LogP contribution in [0.4, 0.5) is 0 Å². The molecule has 0 bridgehead atoms. The molecule has 0 atom stereocenters. The molecule has 0 aliphatic heterocycles. The fourth-order valence-corrected chi connectivity index (χ4v) is 0.933. The number of nitrogens with zero attached hydrogens (tertiary/aromatic N) is 2. The number of halogens is 1. The molecular formula is C11H12ClN3. The van der Waals surface area contributed by atoms with Crippen LogP contribution in [0.15, 0.2) is 51.6 Å². The standard InChI is InChI=1S/C11H12ClN3/c1-9(7-12)8-14-15-11(13)10-5-3-2-4-6-10/h2-8H,1H3,(H2,13,15)/b9-7+,14-8?. The Morgan fingerprint density at radius 2 is 2.00 bits per heavy atom. The van der Waals surface area contributed by atoms with E-state index in [0.717, 1.165) is 11.1 Å². The first-order chi connectivity index (χ1) is 7.24. The number of allylic oxidation sites excluding steroid dienone is 1. The minimum Gasteiger partial charge on any atom is -0.382 e. The Labute approximate surface area is 94.0 Å². The summed E-state index contributed by atoms with van der Waals surface area (Å²) in [5.41, 5.74) is 8.80. The maximum absolute atomic E-state index is 5.71. The molecule has 0 heterocycles. The van der Waals surface area contributed by atoms with E-state index in [-0.39, 0.29) is 0 Å². The van der Waals surface area contributed by atoms with Gasteiger partial charge in [0.2, 0.25) is 0 Å². The second kappa shape index (κ2) is 5.98. The maximum Gasteiger partial charge on any atom is 0.153 e. The minimum absolute atomic E-state index is 0.384. The van der Waals surface area contributed by atoms with E-state index in [4.69, 9.17) is 17.3 Å². The van der Waals surface area contributed by atoms with E-state index in [9.17, 15) is 0 Å². The molecule has 1 aromatic rings. The summed E-state index contributed by atoms with van der Waals surface area (Å²) in [6, 6.07) is 9.45. The summed E-state index contributed by atoms with van der Waals surface area (Å²) in [6.45, 7) is 1.82. The highest BCUT2D eigenvalue weighted by Gasteiger charge is 1.94. The van der Waals surface area contributed by atoms with Gasteiger partial charge in [-0.05, 0) is 12.5 Å². The molecule has 0 fully saturated rings. The number of hydrogen-bond donors (Lipinski definition) is 1. The summed E-state index contributed by atoms with van der Waals surface area (Å²) >= 11 is 5.45. The second-order valence-electron chi connectivity index (χ2n) is 2.95. The lowest BCUT2D eigenvalue weighted by Crippen LogP contribution is -2.12. The number of amidine groups is 1. The zero-order chi connectivity index (χ0) is 11.1. The second-order valence-corrected chi connectivity index (χ2v) is 3.17. The van der Waals surface area contributed by atoms with E-state index in [2.05, 4.69) is 10.2 Å². The zero-order valence-electron chi connectivity index (χ0n) is 8.39. The van der Waals surface area contributed by atoms with Gasteiger partial charge in [-0.2, -0.15) is 5.10 Å². The number of nitrogens with two attached hydrogens (primary N) is 1. The quantitative estimate of drug-likeness (QED) is 0.476. The van der Waals surface area contributed by atoms with E-state index < -0.39 is 0 Å². The van der Waals surface area contributed by atoms with Crippen LogP contribution in [0.25, 0.3) is 0 Å². The highest BCUT2D eigenvalue weighted by molar-refractivity contribution is 6.26. The van der Waals surface area contributed by atoms with Crippen LogP contribution in [0.1, 0.15) is 12.5 Å². The fourth-order valence-electron chi connectivity index (χ4n) is 0.877. The predicted molar refractivity (Wildman–Crippen MR) is 65.3 cm³/mol. The van der Waals surface area contributed by atoms with Crippen molar-refractivity contribution in [3.05, 3.63) is 47.0 Å². The highest BCUT2D eigenvalue weighted by Crippen LogP contribution is 1.98. The van der Waals surface area contributed by atoms with Crippen molar-refractivity contribution in [3.63, 3.8) is 0 Å². The van der Waals surface area contributed by atoms with E-state index in [1.54, 1.807) is 6.21 Å². The number of hydrogen-bond acceptors (Lipinski definition) is 2. The third kappa shape index (κ3) is 3.95. The summed E-state index contributed by atoms with van der Waals surface area (Å²) < 4.78 is 0. The molecule has 2 N–H and O–H groups in total. The lowest BCUT2D eigenvalue weighted by Gasteiger charge is -1.96. The molecule has 0 saturated carbocycles. The molecule has 0 unspecified atom stereocenters. The summed E-state index contributed by atoms with van der Waals surface area (Å²) in [5.74, 6) is 0.384. The van der Waals surface area contributed by atoms with Crippen LogP contribution in [-0.4, -0.2) is 12.1 Å². The summed E-state index contributed by atoms with van der Waals surface area (Å²) in [5, 5.41) is 7.65. The Hall–Kier alpha value is -1.61. The van der Waals surface area contributed by atoms with Gasteiger partial charge in [-0.3, -0.25) is 0 Å². The van der Waals surface area contributed by atoms with Crippen molar-refractivity contribution in [1.29, 1.82) is 0 Å². The Balaban J connectivity index is 2.74. The monoisotopic (exact) mass is 221 g/mol. The van der Waals surface area contributed by atoms with Gasteiger partial charge in [-0.15, -0.1) is 5.10 Å². The van der Waals surface area contributed by atoms with Gasteiger partial charge in [0.05, 0.1) is 6.21 Å². The van der Waals surface area contributed by atoms with Crippen LogP contribution < -0.4 is 5.73 Å². The Morgan fingerprint density at radius 1 is 1.33 bits per heavy atom. The maximum atomic E-state index is 5.71. The van der Waals surface area contributed by atoms with Crippen molar-refractivity contribution >= 4 is 23.7 Å². The third-order valence-corrected chi connectivity index (χ3v) is 2.01. The first-order valence-electron chi connectivity index (χ1n) is 4.43. The molecule has 0 spiro atoms. The van der Waals surface area contributed by atoms with Gasteiger partial charge in [-0.25, -0.2) is 0 Å². The molecule has 0 aliphatic carbocycles. The predicted octanol–water partition coefficient (Wildman–Crippen LogP) is 2.52. The Bertz CT molecular complexity index is 394. The molecule has 1 aromatic carbocycles. The summed E-state index contributed by atoms with van der Waals surface area (Å²) in [4.78, 5) is 0. The Morgan fingerprint density at radius 3 is 2.60 bits per heavy atom. The minimum atomic E-state index is 0.384. The molecule has 0 radical (unpaired) electrons. The molecule has 0 aromatic heterocycles. The SMILES string of the molecule is C/C(C=NN=C(N)c1ccccc1)=C\Cl. The van der Waals surface area contributed by atoms with Crippen molar-refractivity contribution < 1.29 is 0 Å². The van der Waals surface area contributed by atoms with Gasteiger partial charge in [-0.1, -0.05) is 41.9 Å². The van der Waals surface area contributed by atoms with Gasteiger partial charge in [0, 0.05) is 11.1 Å². The highest BCUT2D eigenvalue weighted by atomic mass is 35.5. The van der Waals surface area contributed by atoms with Crippen molar-refractivity contribution in [2.45, 2.75) is 6.92 Å². The van der Waals surface area contributed by atoms with Crippen LogP contribution in [0.2, 0.25) is 0 Å². The molecule has 0 saturated heterocycles. The normalized spacial score (nSPS) is 13.5. The number of benzene rings is 1. The van der Waals surface area contributed by atoms with E-state index in [1.165, 1.54) is 5.54 Å². The lowest BCUT2D eigenvalue weighted by atomic mass is 10.2. The van der Waals surface area contributed by atoms with Gasteiger partial charge in [0.15, 0.2) is 5.84 Å². The zero-order valence-corrected chi connectivity index (χ0v) is 9.15. The van der Waals surface area contributed by atoms with Gasteiger partial charge in [0.25, 0.3) is 0 Å². The van der Waals surface area contributed by atoms with Crippen molar-refractivity contribution in [1.82, 2.24) is 0 Å². The molecule has 0 amide bonds. The Kier molecular flexibility index (Phi) is 4.57. The van der Waals surface area contributed by atoms with Crippen LogP contribution in [0.5, 0.6) is 0 Å². The molecular weight excluding hydrogens is 210 g/mol. The third-order valence-electron chi connectivity index (χ3n) is 1.67. The smallest absolute Gasteiger partial charge is 0.153 e. The van der Waals surface area contributed by atoms with Crippen LogP contribution in [0.3, 0.4) is 0 Å². The lowest BCUT2D eigenvalue weighted by molar-refractivity contribution is 1.23. The van der Waals surface area contributed by atoms with E-state index >= 15 is 0 Å². The molecule has 1 rings (SSSR count).